The third-order valence-corrected chi connectivity index (χ3v) is 9.70. The third kappa shape index (κ3) is 4.96. The fourth-order valence-corrected chi connectivity index (χ4v) is 7.23. The first kappa shape index (κ1) is 29.0. The van der Waals surface area contributed by atoms with Crippen LogP contribution in [0.25, 0.3) is 99.9 Å². The van der Waals surface area contributed by atoms with Crippen LogP contribution < -0.4 is 0 Å². The average molecular weight is 652 g/mol. The van der Waals surface area contributed by atoms with E-state index in [9.17, 15) is 0 Å². The van der Waals surface area contributed by atoms with Crippen LogP contribution in [0.4, 0.5) is 0 Å². The Hall–Kier alpha value is -6.91. The lowest BCUT2D eigenvalue weighted by molar-refractivity contribution is 0.672. The molecule has 3 aromatic heterocycles. The molecule has 238 valence electrons. The minimum absolute atomic E-state index is 0.655. The second-order valence-electron chi connectivity index (χ2n) is 12.8. The smallest absolute Gasteiger partial charge is 0.160 e. The minimum atomic E-state index is 0.655. The monoisotopic (exact) mass is 651 g/mol. The van der Waals surface area contributed by atoms with Crippen LogP contribution in [0.5, 0.6) is 0 Å². The first-order valence-corrected chi connectivity index (χ1v) is 17.1. The number of pyridine rings is 1. The van der Waals surface area contributed by atoms with E-state index in [2.05, 4.69) is 140 Å². The first-order valence-electron chi connectivity index (χ1n) is 17.1. The summed E-state index contributed by atoms with van der Waals surface area (Å²) < 4.78 is 6.69. The average Bonchev–Trinajstić information content (AvgIpc) is 3.61. The number of nitrogens with zero attached hydrogens (tertiary/aromatic N) is 3. The summed E-state index contributed by atoms with van der Waals surface area (Å²) in [6.07, 6.45) is 0. The molecule has 0 unspecified atom stereocenters. The van der Waals surface area contributed by atoms with E-state index in [4.69, 9.17) is 19.4 Å². The Morgan fingerprint density at radius 2 is 0.980 bits per heavy atom. The summed E-state index contributed by atoms with van der Waals surface area (Å²) in [6.45, 7) is 0. The van der Waals surface area contributed by atoms with E-state index in [0.717, 1.165) is 88.5 Å². The van der Waals surface area contributed by atoms with Crippen LogP contribution in [0.15, 0.2) is 180 Å². The van der Waals surface area contributed by atoms with E-state index in [1.54, 1.807) is 0 Å². The number of benzene rings is 7. The number of fused-ring (bicyclic) bond motifs is 6. The van der Waals surface area contributed by atoms with Gasteiger partial charge in [-0.05, 0) is 40.1 Å². The van der Waals surface area contributed by atoms with Crippen LogP contribution in [0.3, 0.4) is 0 Å². The summed E-state index contributed by atoms with van der Waals surface area (Å²) in [4.78, 5) is 15.9. The van der Waals surface area contributed by atoms with Crippen molar-refractivity contribution in [1.82, 2.24) is 15.0 Å². The Morgan fingerprint density at radius 1 is 0.392 bits per heavy atom. The van der Waals surface area contributed by atoms with Gasteiger partial charge in [0.2, 0.25) is 0 Å². The van der Waals surface area contributed by atoms with Gasteiger partial charge in [-0.2, -0.15) is 0 Å². The number of para-hydroxylation sites is 2. The maximum Gasteiger partial charge on any atom is 0.160 e. The van der Waals surface area contributed by atoms with Crippen molar-refractivity contribution in [3.63, 3.8) is 0 Å². The third-order valence-electron chi connectivity index (χ3n) is 9.70. The summed E-state index contributed by atoms with van der Waals surface area (Å²) in [5.41, 5.74) is 11.3. The zero-order valence-corrected chi connectivity index (χ0v) is 27.5. The van der Waals surface area contributed by atoms with Crippen LogP contribution in [-0.2, 0) is 0 Å². The lowest BCUT2D eigenvalue weighted by Gasteiger charge is -2.13. The van der Waals surface area contributed by atoms with Crippen LogP contribution in [-0.4, -0.2) is 15.0 Å². The normalized spacial score (nSPS) is 11.5. The van der Waals surface area contributed by atoms with Gasteiger partial charge < -0.3 is 4.42 Å². The minimum Gasteiger partial charge on any atom is -0.455 e. The Bertz CT molecular complexity index is 2890. The summed E-state index contributed by atoms with van der Waals surface area (Å²) in [5.74, 6) is 0.655. The molecule has 0 saturated heterocycles. The molecule has 0 aliphatic carbocycles. The number of hydrogen-bond donors (Lipinski definition) is 0. The summed E-state index contributed by atoms with van der Waals surface area (Å²) in [7, 11) is 0. The second-order valence-corrected chi connectivity index (χ2v) is 12.8. The number of furan rings is 1. The van der Waals surface area contributed by atoms with Gasteiger partial charge in [-0.25, -0.2) is 15.0 Å². The Labute approximate surface area is 294 Å². The molecule has 0 atom stereocenters. The first-order chi connectivity index (χ1) is 25.3. The molecule has 4 nitrogen and oxygen atoms in total. The fourth-order valence-electron chi connectivity index (χ4n) is 7.23. The van der Waals surface area contributed by atoms with E-state index in [-0.39, 0.29) is 0 Å². The zero-order valence-electron chi connectivity index (χ0n) is 27.5. The quantitative estimate of drug-likeness (QED) is 0.186. The molecule has 10 aromatic rings. The molecule has 10 rings (SSSR count). The molecule has 7 aromatic carbocycles. The highest BCUT2D eigenvalue weighted by atomic mass is 16.3. The van der Waals surface area contributed by atoms with E-state index < -0.39 is 0 Å². The molecule has 51 heavy (non-hydrogen) atoms. The predicted molar refractivity (Wildman–Crippen MR) is 209 cm³/mol. The molecular weight excluding hydrogens is 623 g/mol. The van der Waals surface area contributed by atoms with Crippen molar-refractivity contribution in [2.24, 2.45) is 0 Å². The molecule has 0 fully saturated rings. The van der Waals surface area contributed by atoms with Gasteiger partial charge in [-0.3, -0.25) is 0 Å². The molecule has 0 saturated carbocycles. The molecule has 4 heteroatoms. The predicted octanol–water partition coefficient (Wildman–Crippen LogP) is 12.4. The molecule has 0 aliphatic heterocycles. The molecule has 0 aliphatic rings. The van der Waals surface area contributed by atoms with Crippen molar-refractivity contribution in [3.8, 4) is 56.3 Å². The van der Waals surface area contributed by atoms with Gasteiger partial charge in [0.15, 0.2) is 5.82 Å². The van der Waals surface area contributed by atoms with Crippen molar-refractivity contribution in [2.45, 2.75) is 0 Å². The zero-order chi connectivity index (χ0) is 33.7. The van der Waals surface area contributed by atoms with Gasteiger partial charge >= 0.3 is 0 Å². The van der Waals surface area contributed by atoms with Gasteiger partial charge in [-0.1, -0.05) is 158 Å². The highest BCUT2D eigenvalue weighted by Crippen LogP contribution is 2.43. The molecule has 0 N–H and O–H groups in total. The molecule has 0 amide bonds. The van der Waals surface area contributed by atoms with Crippen LogP contribution in [0, 0.1) is 0 Å². The van der Waals surface area contributed by atoms with Gasteiger partial charge in [0.25, 0.3) is 0 Å². The van der Waals surface area contributed by atoms with E-state index >= 15 is 0 Å². The van der Waals surface area contributed by atoms with Crippen molar-refractivity contribution in [1.29, 1.82) is 0 Å². The number of hydrogen-bond acceptors (Lipinski definition) is 4. The molecule has 0 spiro atoms. The van der Waals surface area contributed by atoms with Gasteiger partial charge in [-0.15, -0.1) is 0 Å². The highest BCUT2D eigenvalue weighted by Gasteiger charge is 2.22. The van der Waals surface area contributed by atoms with E-state index in [1.165, 1.54) is 5.56 Å². The van der Waals surface area contributed by atoms with Gasteiger partial charge in [0.1, 0.15) is 11.2 Å². The van der Waals surface area contributed by atoms with E-state index in [0.29, 0.717) is 5.82 Å². The molecular formula is C47H29N3O. The Kier molecular flexibility index (Phi) is 6.78. The highest BCUT2D eigenvalue weighted by molar-refractivity contribution is 6.22. The number of rotatable bonds is 5. The van der Waals surface area contributed by atoms with Gasteiger partial charge in [0.05, 0.1) is 28.0 Å². The van der Waals surface area contributed by atoms with Crippen LogP contribution in [0.2, 0.25) is 0 Å². The standard InChI is InChI=1S/C47H29N3O/c1-3-13-30(14-4-1)31-25-27-34(28-26-31)47-48-40(33-16-5-2-6-17-33)29-41(49-47)37-22-12-23-39-44(37)50-45(36-21-11-18-32-15-7-8-19-35(32)36)43-38-20-9-10-24-42(38)51-46(39)43/h1-29H. The van der Waals surface area contributed by atoms with Crippen molar-refractivity contribution >= 4 is 43.6 Å². The SMILES string of the molecule is c1ccc(-c2ccc(-c3nc(-c4ccccc4)cc(-c4cccc5c4nc(-c4cccc6ccccc46)c4c6ccccc6oc54)n3)cc2)cc1. The Morgan fingerprint density at radius 3 is 1.80 bits per heavy atom. The lowest BCUT2D eigenvalue weighted by atomic mass is 9.96. The summed E-state index contributed by atoms with van der Waals surface area (Å²) in [5, 5.41) is 5.31. The maximum absolute atomic E-state index is 6.69. The Balaban J connectivity index is 1.24. The number of aromatic nitrogens is 3. The van der Waals surface area contributed by atoms with Gasteiger partial charge in [0, 0.05) is 33.0 Å². The topological polar surface area (TPSA) is 51.8 Å². The fraction of sp³-hybridized carbons (Fsp3) is 0. The van der Waals surface area contributed by atoms with Crippen molar-refractivity contribution in [3.05, 3.63) is 176 Å². The van der Waals surface area contributed by atoms with Crippen LogP contribution in [0.1, 0.15) is 0 Å². The summed E-state index contributed by atoms with van der Waals surface area (Å²) in [6, 6.07) is 60.7. The second kappa shape index (κ2) is 11.9. The van der Waals surface area contributed by atoms with E-state index in [1.807, 2.05) is 36.4 Å². The summed E-state index contributed by atoms with van der Waals surface area (Å²) >= 11 is 0. The lowest BCUT2D eigenvalue weighted by Crippen LogP contribution is -1.98. The van der Waals surface area contributed by atoms with Crippen molar-refractivity contribution in [2.75, 3.05) is 0 Å². The maximum atomic E-state index is 6.69. The molecule has 0 radical (unpaired) electrons. The van der Waals surface area contributed by atoms with Crippen LogP contribution >= 0.6 is 0 Å². The molecule has 0 bridgehead atoms. The largest absolute Gasteiger partial charge is 0.455 e. The van der Waals surface area contributed by atoms with Crippen molar-refractivity contribution < 1.29 is 4.42 Å². The molecule has 3 heterocycles.